The summed E-state index contributed by atoms with van der Waals surface area (Å²) in [6.07, 6.45) is 1.60. The van der Waals surface area contributed by atoms with Crippen molar-refractivity contribution in [2.45, 2.75) is 52.7 Å². The number of likely N-dealkylation sites (N-methyl/N-ethyl adjacent to an activating group) is 1. The Morgan fingerprint density at radius 1 is 1.12 bits per heavy atom. The van der Waals surface area contributed by atoms with E-state index in [0.29, 0.717) is 35.0 Å². The summed E-state index contributed by atoms with van der Waals surface area (Å²) in [4.78, 5) is 29.3. The number of aromatic nitrogens is 8. The van der Waals surface area contributed by atoms with Crippen LogP contribution in [0.2, 0.25) is 0 Å². The van der Waals surface area contributed by atoms with E-state index in [1.165, 1.54) is 0 Å². The van der Waals surface area contributed by atoms with Gasteiger partial charge in [0.25, 0.3) is 5.91 Å². The first-order chi connectivity index (χ1) is 19.3. The number of fused-ring (bicyclic) bond motifs is 2. The second-order valence-electron chi connectivity index (χ2n) is 10.6. The van der Waals surface area contributed by atoms with E-state index in [0.717, 1.165) is 47.7 Å². The summed E-state index contributed by atoms with van der Waals surface area (Å²) in [5.41, 5.74) is 4.35. The number of anilines is 3. The Morgan fingerprint density at radius 3 is 2.65 bits per heavy atom. The Labute approximate surface area is 232 Å². The molecule has 13 nitrogen and oxygen atoms in total. The molecule has 1 unspecified atom stereocenters. The third-order valence-electron chi connectivity index (χ3n) is 8.20. The van der Waals surface area contributed by atoms with Crippen LogP contribution < -0.4 is 15.1 Å². The lowest BCUT2D eigenvalue weighted by atomic mass is 10.0. The van der Waals surface area contributed by atoms with Gasteiger partial charge in [-0.3, -0.25) is 14.8 Å². The molecule has 1 fully saturated rings. The Balaban J connectivity index is 1.27. The monoisotopic (exact) mass is 542 g/mol. The molecule has 208 valence electrons. The van der Waals surface area contributed by atoms with Crippen LogP contribution in [0.25, 0.3) is 22.3 Å². The maximum absolute atomic E-state index is 13.5. The Hall–Kier alpha value is -4.39. The summed E-state index contributed by atoms with van der Waals surface area (Å²) in [5, 5.41) is 23.5. The van der Waals surface area contributed by atoms with Crippen molar-refractivity contribution in [2.75, 3.05) is 41.8 Å². The van der Waals surface area contributed by atoms with Crippen molar-refractivity contribution in [3.63, 3.8) is 0 Å². The van der Waals surface area contributed by atoms with Crippen LogP contribution >= 0.6 is 0 Å². The maximum Gasteiger partial charge on any atom is 0.255 e. The van der Waals surface area contributed by atoms with Gasteiger partial charge in [-0.1, -0.05) is 12.0 Å². The zero-order chi connectivity index (χ0) is 28.1. The topological polar surface area (TPSA) is 137 Å². The highest BCUT2D eigenvalue weighted by Crippen LogP contribution is 2.34. The van der Waals surface area contributed by atoms with E-state index in [9.17, 15) is 4.79 Å². The molecule has 2 N–H and O–H groups in total. The van der Waals surface area contributed by atoms with Crippen molar-refractivity contribution >= 4 is 34.3 Å². The first kappa shape index (κ1) is 25.9. The molecule has 1 amide bonds. The standard InChI is InChI=1S/C27H34N12O/c1-7-38-15(2)12-37(13-16(38)3)23-11-22(28-14-29-23)25-20-10-19(8-9-21(20)31-32-25)30-26(40)24-17(4)36(6)27-33-34-35-39(27)18(24)5/h8-11,14-16,18H,7,12-13H2,1-6H3,(H,30,40)(H,31,32)/t15-,16+,18?. The fraction of sp³-hybridized carbons (Fsp3) is 0.444. The third kappa shape index (κ3) is 4.26. The minimum absolute atomic E-state index is 0.207. The molecule has 4 aromatic rings. The van der Waals surface area contributed by atoms with Crippen LogP contribution in [0.3, 0.4) is 0 Å². The number of carbonyl (C=O) groups is 1. The number of piperazine rings is 1. The molecule has 1 saturated heterocycles. The van der Waals surface area contributed by atoms with Gasteiger partial charge in [-0.25, -0.2) is 14.6 Å². The van der Waals surface area contributed by atoms with Crippen LogP contribution in [-0.4, -0.2) is 89.9 Å². The lowest BCUT2D eigenvalue weighted by Crippen LogP contribution is -2.56. The highest BCUT2D eigenvalue weighted by Gasteiger charge is 2.33. The normalized spacial score (nSPS) is 21.7. The summed E-state index contributed by atoms with van der Waals surface area (Å²) in [6.45, 7) is 13.4. The molecule has 13 heteroatoms. The van der Waals surface area contributed by atoms with Crippen LogP contribution in [0.5, 0.6) is 0 Å². The molecule has 2 aliphatic rings. The smallest absolute Gasteiger partial charge is 0.255 e. The van der Waals surface area contributed by atoms with Gasteiger partial charge in [0.05, 0.1) is 22.8 Å². The van der Waals surface area contributed by atoms with Gasteiger partial charge in [-0.15, -0.1) is 0 Å². The van der Waals surface area contributed by atoms with Gasteiger partial charge in [0, 0.05) is 55.1 Å². The van der Waals surface area contributed by atoms with Crippen molar-refractivity contribution in [1.29, 1.82) is 0 Å². The van der Waals surface area contributed by atoms with Gasteiger partial charge in [0.1, 0.15) is 17.8 Å². The predicted molar refractivity (Wildman–Crippen MR) is 153 cm³/mol. The van der Waals surface area contributed by atoms with Crippen molar-refractivity contribution in [3.05, 3.63) is 41.9 Å². The molecule has 0 spiro atoms. The van der Waals surface area contributed by atoms with E-state index >= 15 is 0 Å². The number of allylic oxidation sites excluding steroid dienone is 1. The number of tetrazole rings is 1. The van der Waals surface area contributed by atoms with E-state index in [2.05, 4.69) is 71.6 Å². The molecule has 0 saturated carbocycles. The number of amides is 1. The molecule has 1 aromatic carbocycles. The number of rotatable bonds is 5. The van der Waals surface area contributed by atoms with Crippen LogP contribution in [0.4, 0.5) is 17.5 Å². The van der Waals surface area contributed by atoms with Crippen molar-refractivity contribution in [3.8, 4) is 11.4 Å². The molecule has 3 aromatic heterocycles. The number of carbonyl (C=O) groups excluding carboxylic acids is 1. The molecule has 6 rings (SSSR count). The number of nitrogens with one attached hydrogen (secondary N) is 2. The number of nitrogens with zero attached hydrogens (tertiary/aromatic N) is 10. The maximum atomic E-state index is 13.5. The Morgan fingerprint density at radius 2 is 1.90 bits per heavy atom. The molecule has 2 aliphatic heterocycles. The fourth-order valence-electron chi connectivity index (χ4n) is 6.07. The zero-order valence-electron chi connectivity index (χ0n) is 23.6. The minimum Gasteiger partial charge on any atom is -0.353 e. The van der Waals surface area contributed by atoms with E-state index in [4.69, 9.17) is 0 Å². The van der Waals surface area contributed by atoms with Crippen molar-refractivity contribution in [1.82, 2.24) is 45.3 Å². The van der Waals surface area contributed by atoms with Gasteiger partial charge in [0.2, 0.25) is 5.95 Å². The van der Waals surface area contributed by atoms with Gasteiger partial charge >= 0.3 is 0 Å². The SMILES string of the molecule is CCN1[C@H](C)CN(c2cc(-c3n[nH]c4ccc(NC(=O)C5=C(C)N(C)c6nnnn6C5C)cc34)ncn2)C[C@@H]1C. The van der Waals surface area contributed by atoms with Crippen molar-refractivity contribution < 1.29 is 4.79 Å². The highest BCUT2D eigenvalue weighted by molar-refractivity contribution is 6.07. The largest absolute Gasteiger partial charge is 0.353 e. The Bertz CT molecular complexity index is 1590. The van der Waals surface area contributed by atoms with Gasteiger partial charge in [-0.2, -0.15) is 5.10 Å². The highest BCUT2D eigenvalue weighted by atomic mass is 16.1. The number of benzene rings is 1. The van der Waals surface area contributed by atoms with Crippen LogP contribution in [0.15, 0.2) is 41.9 Å². The predicted octanol–water partition coefficient (Wildman–Crippen LogP) is 2.85. The zero-order valence-corrected chi connectivity index (χ0v) is 23.6. The molecule has 0 bridgehead atoms. The van der Waals surface area contributed by atoms with Crippen LogP contribution in [-0.2, 0) is 4.79 Å². The van der Waals surface area contributed by atoms with Gasteiger partial charge in [-0.05, 0) is 62.9 Å². The average Bonchev–Trinajstić information content (AvgIpc) is 3.60. The van der Waals surface area contributed by atoms with E-state index in [1.54, 1.807) is 11.0 Å². The first-order valence-electron chi connectivity index (χ1n) is 13.6. The van der Waals surface area contributed by atoms with Crippen LogP contribution in [0, 0.1) is 0 Å². The van der Waals surface area contributed by atoms with Crippen molar-refractivity contribution in [2.24, 2.45) is 0 Å². The van der Waals surface area contributed by atoms with Gasteiger partial charge < -0.3 is 15.1 Å². The van der Waals surface area contributed by atoms with E-state index < -0.39 is 0 Å². The number of hydrogen-bond acceptors (Lipinski definition) is 10. The molecule has 40 heavy (non-hydrogen) atoms. The number of hydrogen-bond donors (Lipinski definition) is 2. The Kier molecular flexibility index (Phi) is 6.45. The molecule has 5 heterocycles. The van der Waals surface area contributed by atoms with Gasteiger partial charge in [0.15, 0.2) is 0 Å². The molecular weight excluding hydrogens is 508 g/mol. The lowest BCUT2D eigenvalue weighted by Gasteiger charge is -2.44. The fourth-order valence-corrected chi connectivity index (χ4v) is 6.07. The summed E-state index contributed by atoms with van der Waals surface area (Å²) in [7, 11) is 1.85. The first-order valence-corrected chi connectivity index (χ1v) is 13.6. The molecule has 0 aliphatic carbocycles. The molecular formula is C27H34N12O. The lowest BCUT2D eigenvalue weighted by molar-refractivity contribution is -0.113. The summed E-state index contributed by atoms with van der Waals surface area (Å²) in [6, 6.07) is 8.25. The quantitative estimate of drug-likeness (QED) is 0.387. The second kappa shape index (κ2) is 9.97. The molecule has 3 atom stereocenters. The number of H-pyrrole nitrogens is 1. The molecule has 0 radical (unpaired) electrons. The van der Waals surface area contributed by atoms with E-state index in [1.807, 2.05) is 50.1 Å². The average molecular weight is 543 g/mol. The summed E-state index contributed by atoms with van der Waals surface area (Å²) < 4.78 is 1.65. The van der Waals surface area contributed by atoms with E-state index in [-0.39, 0.29) is 11.9 Å². The number of aromatic amines is 1. The van der Waals surface area contributed by atoms with Crippen LogP contribution in [0.1, 0.15) is 40.7 Å². The summed E-state index contributed by atoms with van der Waals surface area (Å²) in [5.74, 6) is 1.28. The summed E-state index contributed by atoms with van der Waals surface area (Å²) >= 11 is 0. The minimum atomic E-state index is -0.307. The second-order valence-corrected chi connectivity index (χ2v) is 10.6. The third-order valence-corrected chi connectivity index (χ3v) is 8.20.